The summed E-state index contributed by atoms with van der Waals surface area (Å²) < 4.78 is 40.2. The third-order valence-electron chi connectivity index (χ3n) is 14.9. The fourth-order valence-electron chi connectivity index (χ4n) is 11.6. The molecule has 3 fully saturated rings. The van der Waals surface area contributed by atoms with Crippen molar-refractivity contribution < 1.29 is 57.4 Å². The molecule has 0 aliphatic carbocycles. The summed E-state index contributed by atoms with van der Waals surface area (Å²) in [6.07, 6.45) is -1.89. The maximum absolute atomic E-state index is 16.7. The molecule has 6 atom stereocenters. The highest BCUT2D eigenvalue weighted by Crippen LogP contribution is 2.66. The predicted octanol–water partition coefficient (Wildman–Crippen LogP) is 6.99. The lowest BCUT2D eigenvalue weighted by atomic mass is 9.64. The number of methoxy groups -OCH3 is 2. The number of hydrogen-bond acceptors (Lipinski definition) is 14. The number of hydrogen-bond donors (Lipinski definition) is 1. The summed E-state index contributed by atoms with van der Waals surface area (Å²) in [5.41, 5.74) is 2.70. The molecule has 5 heterocycles. The Hall–Kier alpha value is -8.20. The van der Waals surface area contributed by atoms with Crippen LogP contribution in [0.4, 0.5) is 10.5 Å². The lowest BCUT2D eigenvalue weighted by Crippen LogP contribution is -2.59. The number of carbonyl (C=O) groups is 4. The maximum Gasteiger partial charge on any atom is 0.421 e. The molecule has 1 N–H and O–H groups in total. The molecule has 3 amide bonds. The zero-order valence-electron chi connectivity index (χ0n) is 42.0. The van der Waals surface area contributed by atoms with Crippen LogP contribution in [0.15, 0.2) is 146 Å². The van der Waals surface area contributed by atoms with Gasteiger partial charge in [-0.25, -0.2) is 9.69 Å². The molecule has 6 aromatic carbocycles. The molecule has 1 spiro atoms. The second-order valence-electron chi connectivity index (χ2n) is 19.2. The van der Waals surface area contributed by atoms with Crippen molar-refractivity contribution in [2.75, 3.05) is 78.5 Å². The molecular weight excluding hydrogens is 969 g/mol. The second kappa shape index (κ2) is 21.6. The third-order valence-corrected chi connectivity index (χ3v) is 14.9. The molecule has 0 aromatic heterocycles. The summed E-state index contributed by atoms with van der Waals surface area (Å²) in [5, 5.41) is 9.69. The molecular formula is C60H56N4O12. The van der Waals surface area contributed by atoms with Crippen LogP contribution in [0.2, 0.25) is 0 Å². The van der Waals surface area contributed by atoms with Gasteiger partial charge in [0.1, 0.15) is 42.3 Å². The van der Waals surface area contributed by atoms with Crippen LogP contribution in [0.25, 0.3) is 0 Å². The van der Waals surface area contributed by atoms with E-state index in [-0.39, 0.29) is 52.0 Å². The number of nitrogens with zero attached hydrogens (tertiary/aromatic N) is 4. The van der Waals surface area contributed by atoms with Gasteiger partial charge < -0.3 is 43.2 Å². The number of piperazine rings is 1. The van der Waals surface area contributed by atoms with E-state index in [1.54, 1.807) is 42.3 Å². The Morgan fingerprint density at radius 1 is 0.697 bits per heavy atom. The summed E-state index contributed by atoms with van der Waals surface area (Å²) in [6, 6.07) is 41.2. The molecule has 5 aliphatic rings. The number of aliphatic hydroxyl groups excluding tert-OH is 1. The zero-order valence-corrected chi connectivity index (χ0v) is 42.0. The Labute approximate surface area is 440 Å². The number of fused-ring (bicyclic) bond motifs is 4. The number of morpholine rings is 1. The van der Waals surface area contributed by atoms with Crippen molar-refractivity contribution in [3.63, 3.8) is 0 Å². The normalized spacial score (nSPS) is 22.6. The van der Waals surface area contributed by atoms with Crippen molar-refractivity contribution in [2.24, 2.45) is 5.92 Å². The number of anilines is 1. The van der Waals surface area contributed by atoms with Crippen molar-refractivity contribution in [1.29, 1.82) is 0 Å². The van der Waals surface area contributed by atoms with Gasteiger partial charge >= 0.3 is 12.1 Å². The van der Waals surface area contributed by atoms with Gasteiger partial charge in [0.2, 0.25) is 18.6 Å². The minimum atomic E-state index is -2.02. The average Bonchev–Trinajstić information content (AvgIpc) is 4.32. The molecule has 3 saturated heterocycles. The number of carbonyl (C=O) groups excluding carboxylic acids is 4. The highest BCUT2D eigenvalue weighted by Gasteiger charge is 2.76. The quantitative estimate of drug-likeness (QED) is 0.0715. The van der Waals surface area contributed by atoms with E-state index in [1.807, 2.05) is 120 Å². The van der Waals surface area contributed by atoms with Crippen LogP contribution >= 0.6 is 0 Å². The molecule has 11 rings (SSSR count). The van der Waals surface area contributed by atoms with Gasteiger partial charge in [-0.3, -0.25) is 24.2 Å². The zero-order chi connectivity index (χ0) is 52.3. The van der Waals surface area contributed by atoms with Gasteiger partial charge in [-0.2, -0.15) is 0 Å². The van der Waals surface area contributed by atoms with E-state index in [4.69, 9.17) is 33.2 Å². The van der Waals surface area contributed by atoms with Gasteiger partial charge in [0, 0.05) is 51.0 Å². The first kappa shape index (κ1) is 50.0. The lowest BCUT2D eigenvalue weighted by molar-refractivity contribution is -0.179. The van der Waals surface area contributed by atoms with Crippen molar-refractivity contribution in [2.45, 2.75) is 36.2 Å². The highest BCUT2D eigenvalue weighted by molar-refractivity contribution is 6.23. The summed E-state index contributed by atoms with van der Waals surface area (Å²) in [5.74, 6) is 5.63. The van der Waals surface area contributed by atoms with E-state index in [9.17, 15) is 9.90 Å². The highest BCUT2D eigenvalue weighted by atomic mass is 16.7. The van der Waals surface area contributed by atoms with Crippen LogP contribution in [0.1, 0.15) is 57.1 Å². The number of benzene rings is 6. The van der Waals surface area contributed by atoms with Gasteiger partial charge in [-0.15, -0.1) is 0 Å². The molecule has 0 bridgehead atoms. The van der Waals surface area contributed by atoms with E-state index < -0.39 is 59.4 Å². The Bertz CT molecular complexity index is 3180. The number of amides is 3. The number of aliphatic hydroxyl groups is 1. The lowest BCUT2D eigenvalue weighted by Gasteiger charge is -2.46. The summed E-state index contributed by atoms with van der Waals surface area (Å²) in [7, 11) is 3.07. The van der Waals surface area contributed by atoms with E-state index in [1.165, 1.54) is 7.11 Å². The molecule has 5 aliphatic heterocycles. The van der Waals surface area contributed by atoms with Crippen LogP contribution in [0, 0.1) is 17.8 Å². The molecule has 16 nitrogen and oxygen atoms in total. The van der Waals surface area contributed by atoms with Gasteiger partial charge in [0.05, 0.1) is 44.0 Å². The molecule has 0 radical (unpaired) electrons. The molecule has 16 heteroatoms. The summed E-state index contributed by atoms with van der Waals surface area (Å²) in [4.78, 5) is 70.5. The van der Waals surface area contributed by atoms with Gasteiger partial charge in [0.25, 0.3) is 0 Å². The molecule has 6 aromatic rings. The van der Waals surface area contributed by atoms with E-state index in [2.05, 4.69) is 16.7 Å². The molecule has 388 valence electrons. The average molecular weight is 1030 g/mol. The van der Waals surface area contributed by atoms with Crippen molar-refractivity contribution in [3.05, 3.63) is 185 Å². The number of cyclic esters (lactones) is 1. The summed E-state index contributed by atoms with van der Waals surface area (Å²) in [6.45, 7) is 1.96. The first-order chi connectivity index (χ1) is 37.2. The van der Waals surface area contributed by atoms with Crippen LogP contribution in [-0.4, -0.2) is 123 Å². The molecule has 6 unspecified atom stereocenters. The van der Waals surface area contributed by atoms with E-state index in [0.29, 0.717) is 70.4 Å². The van der Waals surface area contributed by atoms with E-state index in [0.717, 1.165) is 16.0 Å². The predicted molar refractivity (Wildman–Crippen MR) is 278 cm³/mol. The number of esters is 1. The van der Waals surface area contributed by atoms with Crippen LogP contribution in [0.3, 0.4) is 0 Å². The monoisotopic (exact) mass is 1020 g/mol. The standard InChI is InChI=1S/C60H56N4O12/c1-70-33-34-73-59(69)63-48-25-17-40(14-13-39-15-21-45(71-2)22-16-39)35-47(48)60(58(63)68)51(56(66)62-29-27-61(28-30-62)37-41-18-26-49-50(36-41)75-38-74-49)53-57(67)76-54(43-11-7-4-8-12-43)52(42-9-5-3-6-10-42)64(53)55(60)44-19-23-46(24-20-44)72-32-31-65/h3-12,15-26,35-36,51-55,65H,27-34,37-38H2,1-2H3. The smallest absolute Gasteiger partial charge is 0.421 e. The van der Waals surface area contributed by atoms with Gasteiger partial charge in [-0.05, 0) is 94.5 Å². The maximum atomic E-state index is 16.7. The fraction of sp³-hybridized carbons (Fsp3) is 0.300. The second-order valence-corrected chi connectivity index (χ2v) is 19.2. The van der Waals surface area contributed by atoms with Gasteiger partial charge in [-0.1, -0.05) is 90.7 Å². The number of rotatable bonds is 13. The minimum absolute atomic E-state index is 0.0362. The topological polar surface area (TPSA) is 166 Å². The van der Waals surface area contributed by atoms with Crippen LogP contribution in [0.5, 0.6) is 23.0 Å². The van der Waals surface area contributed by atoms with E-state index >= 15 is 14.4 Å². The van der Waals surface area contributed by atoms with Crippen LogP contribution < -0.4 is 23.8 Å². The number of imide groups is 1. The Morgan fingerprint density at radius 2 is 1.38 bits per heavy atom. The third kappa shape index (κ3) is 9.15. The first-order valence-corrected chi connectivity index (χ1v) is 25.3. The van der Waals surface area contributed by atoms with Crippen molar-refractivity contribution in [3.8, 4) is 34.8 Å². The largest absolute Gasteiger partial charge is 0.497 e. The Balaban J connectivity index is 1.12. The van der Waals surface area contributed by atoms with Gasteiger partial charge in [0.15, 0.2) is 11.5 Å². The fourth-order valence-corrected chi connectivity index (χ4v) is 11.6. The van der Waals surface area contributed by atoms with Crippen molar-refractivity contribution >= 4 is 29.6 Å². The molecule has 76 heavy (non-hydrogen) atoms. The minimum Gasteiger partial charge on any atom is -0.497 e. The SMILES string of the molecule is COCCOC(=O)N1C(=O)C2(c3cc(C#Cc4ccc(OC)cc4)ccc31)C(C(=O)N1CCN(Cc3ccc4c(c3)OCO4)CC1)C1C(=O)OC(c3ccccc3)C(c3ccccc3)N1C2c1ccc(OCCO)cc1. The number of ether oxygens (including phenoxy) is 7. The Kier molecular flexibility index (Phi) is 14.2. The first-order valence-electron chi connectivity index (χ1n) is 25.3. The summed E-state index contributed by atoms with van der Waals surface area (Å²) >= 11 is 0. The molecule has 0 saturated carbocycles. The Morgan fingerprint density at radius 3 is 2.09 bits per heavy atom. The van der Waals surface area contributed by atoms with Crippen LogP contribution in [-0.2, 0) is 40.6 Å². The van der Waals surface area contributed by atoms with Crippen molar-refractivity contribution in [1.82, 2.24) is 14.7 Å².